The van der Waals surface area contributed by atoms with E-state index >= 15 is 0 Å². The quantitative estimate of drug-likeness (QED) is 0.0158. The second-order valence-electron chi connectivity index (χ2n) is 20.0. The molecule has 0 bridgehead atoms. The van der Waals surface area contributed by atoms with E-state index in [1.807, 2.05) is 20.5 Å². The summed E-state index contributed by atoms with van der Waals surface area (Å²) in [7, 11) is 0. The fourth-order valence-electron chi connectivity index (χ4n) is 9.22. The first-order valence-corrected chi connectivity index (χ1v) is 30.9. The molecule has 0 N–H and O–H groups in total. The van der Waals surface area contributed by atoms with Gasteiger partial charge >= 0.3 is 166 Å². The number of hydrogen-bond donors (Lipinski definition) is 0. The predicted molar refractivity (Wildman–Crippen MR) is 298 cm³/mol. The standard InChI is InChI=1S/C22H24N2.2C21H43.Ni/c1-3-5-7-19-11-15-21(16-12-19)22(8-6-17-24-23)20-13-9-18(4-2)10-14-20;2*1-3-5-7-9-11-13-15-17-19-21-20-18-16-14-12-10-8-6-4-2;/h6,8-16H,3-5,7H2,1-2H3;2*1,3-21H2,2H3;. The molecule has 0 aliphatic heterocycles. The van der Waals surface area contributed by atoms with Gasteiger partial charge in [-0.1, -0.05) is 185 Å². The third-order valence-electron chi connectivity index (χ3n) is 13.8. The van der Waals surface area contributed by atoms with Crippen LogP contribution in [0, 0.1) is 0 Å². The van der Waals surface area contributed by atoms with Crippen molar-refractivity contribution >= 4 is 11.4 Å². The number of benzene rings is 2. The third kappa shape index (κ3) is 41.3. The van der Waals surface area contributed by atoms with Crippen molar-refractivity contribution in [1.29, 1.82) is 0 Å². The molecule has 2 nitrogen and oxygen atoms in total. The Kier molecular flexibility index (Phi) is 48.5. The van der Waals surface area contributed by atoms with Crippen LogP contribution in [0.4, 0.5) is 0 Å². The number of allylic oxidation sites excluding steroid dienone is 2. The minimum absolute atomic E-state index is 1.03. The van der Waals surface area contributed by atoms with E-state index in [2.05, 4.69) is 86.9 Å². The summed E-state index contributed by atoms with van der Waals surface area (Å²) in [6.45, 7) is 8.99. The molecule has 2 aromatic carbocycles. The van der Waals surface area contributed by atoms with Crippen molar-refractivity contribution in [3.63, 3.8) is 0 Å². The first-order chi connectivity index (χ1) is 33.2. The molecule has 0 aliphatic carbocycles. The molecule has 0 unspecified atom stereocenters. The van der Waals surface area contributed by atoms with Crippen LogP contribution in [-0.2, 0) is 27.3 Å². The van der Waals surface area contributed by atoms with Crippen molar-refractivity contribution in [3.8, 4) is 0 Å². The van der Waals surface area contributed by atoms with E-state index in [0.717, 1.165) is 29.5 Å². The molecule has 0 heterocycles. The molecule has 2 aromatic rings. The molecule has 0 radical (unpaired) electrons. The molecule has 0 spiro atoms. The summed E-state index contributed by atoms with van der Waals surface area (Å²) in [6, 6.07) is 17.3. The van der Waals surface area contributed by atoms with E-state index in [9.17, 15) is 0 Å². The molecule has 0 saturated carbocycles. The maximum atomic E-state index is 8.56. The van der Waals surface area contributed by atoms with E-state index in [1.165, 1.54) is 279 Å². The van der Waals surface area contributed by atoms with Gasteiger partial charge in [-0.15, -0.1) is 4.79 Å². The number of hydrogen-bond acceptors (Lipinski definition) is 0. The second-order valence-corrected chi connectivity index (χ2v) is 21.5. The van der Waals surface area contributed by atoms with Gasteiger partial charge in [0.05, 0.1) is 6.08 Å². The van der Waals surface area contributed by atoms with Gasteiger partial charge in [-0.3, -0.25) is 0 Å². The van der Waals surface area contributed by atoms with Gasteiger partial charge in [-0.25, -0.2) is 0 Å². The van der Waals surface area contributed by atoms with E-state index in [0.29, 0.717) is 0 Å². The zero-order valence-corrected chi connectivity index (χ0v) is 46.1. The summed E-state index contributed by atoms with van der Waals surface area (Å²) < 4.78 is 0. The van der Waals surface area contributed by atoms with Crippen LogP contribution >= 0.6 is 0 Å². The van der Waals surface area contributed by atoms with Crippen molar-refractivity contribution in [3.05, 3.63) is 88.5 Å². The zero-order chi connectivity index (χ0) is 48.2. The van der Waals surface area contributed by atoms with Crippen molar-refractivity contribution in [2.75, 3.05) is 0 Å². The van der Waals surface area contributed by atoms with Crippen LogP contribution in [0.25, 0.3) is 11.1 Å². The topological polar surface area (TPSA) is 36.4 Å². The van der Waals surface area contributed by atoms with Crippen molar-refractivity contribution < 1.29 is 19.2 Å². The third-order valence-corrected chi connectivity index (χ3v) is 15.2. The van der Waals surface area contributed by atoms with Crippen LogP contribution in [0.2, 0.25) is 10.8 Å². The van der Waals surface area contributed by atoms with Gasteiger partial charge in [0.1, 0.15) is 0 Å². The average Bonchev–Trinajstić information content (AvgIpc) is 3.36. The van der Waals surface area contributed by atoms with Crippen LogP contribution in [-0.4, -0.2) is 10.7 Å². The van der Waals surface area contributed by atoms with Gasteiger partial charge < -0.3 is 5.53 Å². The van der Waals surface area contributed by atoms with Gasteiger partial charge in [0.25, 0.3) is 5.87 Å². The molecule has 0 atom stereocenters. The van der Waals surface area contributed by atoms with E-state index in [-0.39, 0.29) is 0 Å². The molecular weight excluding hydrogens is 855 g/mol. The molecule has 0 aliphatic rings. The Morgan fingerprint density at radius 1 is 0.388 bits per heavy atom. The van der Waals surface area contributed by atoms with Crippen molar-refractivity contribution in [1.82, 2.24) is 0 Å². The van der Waals surface area contributed by atoms with Gasteiger partial charge in [0.15, 0.2) is 0 Å². The minimum atomic E-state index is 1.03. The van der Waals surface area contributed by atoms with Crippen molar-refractivity contribution in [2.24, 2.45) is 0 Å². The normalized spacial score (nSPS) is 11.4. The summed E-state index contributed by atoms with van der Waals surface area (Å²) >= 11 is 2.05. The minimum Gasteiger partial charge on any atom is -0.348 e. The predicted octanol–water partition coefficient (Wildman–Crippen LogP) is 22.2. The number of unbranched alkanes of at least 4 members (excludes halogenated alkanes) is 37. The Labute approximate surface area is 425 Å². The van der Waals surface area contributed by atoms with E-state index < -0.39 is 0 Å². The van der Waals surface area contributed by atoms with Crippen LogP contribution in [0.5, 0.6) is 0 Å². The first-order valence-electron chi connectivity index (χ1n) is 29.5. The summed E-state index contributed by atoms with van der Waals surface area (Å²) in [5, 5.41) is 2.87. The number of aryl methyl sites for hydroxylation is 2. The summed E-state index contributed by atoms with van der Waals surface area (Å²) in [4.78, 5) is 2.92. The fraction of sp³-hybridized carbons (Fsp3) is 0.750. The monoisotopic (exact) mass is 965 g/mol. The second kappa shape index (κ2) is 51.7. The Morgan fingerprint density at radius 2 is 0.672 bits per heavy atom. The molecule has 0 aromatic heterocycles. The Morgan fingerprint density at radius 3 is 0.955 bits per heavy atom. The first kappa shape index (κ1) is 62.8. The Bertz CT molecular complexity index is 1370. The molecule has 3 heteroatoms. The molecule has 2 rings (SSSR count). The molecule has 0 fully saturated rings. The number of nitrogens with zero attached hydrogens (tertiary/aromatic N) is 2. The summed E-state index contributed by atoms with van der Waals surface area (Å²) in [5.74, 6) is 2.46. The van der Waals surface area contributed by atoms with Gasteiger partial charge in [-0.05, 0) is 53.2 Å². The van der Waals surface area contributed by atoms with Crippen LogP contribution in [0.1, 0.15) is 307 Å². The number of rotatable bonds is 47. The van der Waals surface area contributed by atoms with Gasteiger partial charge in [-0.2, -0.15) is 0 Å². The van der Waals surface area contributed by atoms with Gasteiger partial charge in [0.2, 0.25) is 0 Å². The summed E-state index contributed by atoms with van der Waals surface area (Å²) in [5.41, 5.74) is 14.6. The van der Waals surface area contributed by atoms with Crippen LogP contribution < -0.4 is 0 Å². The SMILES string of the molecule is CCCCCCCCCCCCCCCCCCCC[CH2][Ni][CH2]CCCCCCCCCCCCCCCCCCCC.CCCCc1ccc(C(=CC=C=[N+]=[N-])c2ccc(CC)cc2)cc1. The molecule has 386 valence electrons. The van der Waals surface area contributed by atoms with E-state index in [1.54, 1.807) is 6.08 Å². The van der Waals surface area contributed by atoms with E-state index in [4.69, 9.17) is 5.53 Å². The smallest absolute Gasteiger partial charge is 0.348 e. The molecule has 0 amide bonds. The fourth-order valence-corrected chi connectivity index (χ4v) is 10.5. The Balaban J connectivity index is 0.000000781. The van der Waals surface area contributed by atoms with Crippen LogP contribution in [0.15, 0.2) is 60.7 Å². The zero-order valence-electron chi connectivity index (χ0n) is 45.1. The molecule has 67 heavy (non-hydrogen) atoms. The Hall–Kier alpha value is -2.17. The molecular formula is C64H110N2Ni. The summed E-state index contributed by atoms with van der Waals surface area (Å²) in [6.07, 6.45) is 64.4. The maximum absolute atomic E-state index is 8.56. The van der Waals surface area contributed by atoms with Crippen molar-refractivity contribution in [2.45, 2.75) is 308 Å². The average molecular weight is 966 g/mol. The molecule has 0 saturated heterocycles. The van der Waals surface area contributed by atoms with Gasteiger partial charge in [0, 0.05) is 0 Å². The van der Waals surface area contributed by atoms with Crippen LogP contribution in [0.3, 0.4) is 0 Å².